The molecular formula is C18H17N5O3. The monoisotopic (exact) mass is 351 g/mol. The molecule has 0 aliphatic carbocycles. The van der Waals surface area contributed by atoms with E-state index in [1.54, 1.807) is 12.1 Å². The Labute approximate surface area is 148 Å². The maximum atomic E-state index is 12.2. The van der Waals surface area contributed by atoms with E-state index in [2.05, 4.69) is 26.4 Å². The summed E-state index contributed by atoms with van der Waals surface area (Å²) in [5.74, 6) is 1.66. The Bertz CT molecular complexity index is 1010. The molecule has 0 fully saturated rings. The fourth-order valence-electron chi connectivity index (χ4n) is 2.79. The lowest BCUT2D eigenvalue weighted by molar-refractivity contribution is 0.341. The van der Waals surface area contributed by atoms with Gasteiger partial charge in [0.1, 0.15) is 17.3 Å². The van der Waals surface area contributed by atoms with Crippen LogP contribution in [-0.4, -0.2) is 21.7 Å². The molecule has 1 aromatic heterocycles. The van der Waals surface area contributed by atoms with E-state index in [9.17, 15) is 9.90 Å². The molecule has 3 aromatic rings. The van der Waals surface area contributed by atoms with Gasteiger partial charge in [-0.1, -0.05) is 18.2 Å². The highest BCUT2D eigenvalue weighted by atomic mass is 16.5. The average Bonchev–Trinajstić information content (AvgIpc) is 3.12. The largest absolute Gasteiger partial charge is 0.508 e. The highest BCUT2D eigenvalue weighted by Gasteiger charge is 2.19. The molecule has 1 aliphatic rings. The Morgan fingerprint density at radius 1 is 1.08 bits per heavy atom. The first kappa shape index (κ1) is 16.0. The van der Waals surface area contributed by atoms with Crippen molar-refractivity contribution in [2.75, 3.05) is 17.5 Å². The number of ether oxygens (including phenoxy) is 1. The van der Waals surface area contributed by atoms with E-state index in [1.165, 1.54) is 0 Å². The minimum atomic E-state index is -0.285. The number of aromatic nitrogens is 2. The number of phenolic OH excluding ortho intramolecular Hbond substituents is 1. The maximum absolute atomic E-state index is 12.2. The molecule has 26 heavy (non-hydrogen) atoms. The number of hydrogen-bond acceptors (Lipinski definition) is 7. The number of nitrogens with one attached hydrogen (secondary N) is 4. The van der Waals surface area contributed by atoms with Crippen molar-refractivity contribution in [3.63, 3.8) is 0 Å². The predicted octanol–water partition coefficient (Wildman–Crippen LogP) is 2.47. The zero-order valence-corrected chi connectivity index (χ0v) is 14.0. The second kappa shape index (κ2) is 6.41. The van der Waals surface area contributed by atoms with Gasteiger partial charge in [0.25, 0.3) is 5.56 Å². The summed E-state index contributed by atoms with van der Waals surface area (Å²) in [6.45, 7) is 2.37. The van der Waals surface area contributed by atoms with Crippen molar-refractivity contribution in [2.45, 2.75) is 6.92 Å². The molecule has 132 valence electrons. The molecule has 5 N–H and O–H groups in total. The number of rotatable bonds is 4. The number of hydrazine groups is 2. The molecule has 4 rings (SSSR count). The Hall–Kier alpha value is -3.52. The van der Waals surface area contributed by atoms with E-state index in [0.717, 1.165) is 11.1 Å². The van der Waals surface area contributed by atoms with Gasteiger partial charge in [0.05, 0.1) is 12.2 Å². The van der Waals surface area contributed by atoms with Crippen LogP contribution in [0.5, 0.6) is 11.5 Å². The fraction of sp³-hybridized carbons (Fsp3) is 0.111. The molecule has 0 atom stereocenters. The van der Waals surface area contributed by atoms with Gasteiger partial charge in [-0.05, 0) is 42.3 Å². The molecular weight excluding hydrogens is 334 g/mol. The topological polar surface area (TPSA) is 111 Å². The van der Waals surface area contributed by atoms with Crippen molar-refractivity contribution < 1.29 is 9.84 Å². The Balaban J connectivity index is 1.80. The van der Waals surface area contributed by atoms with Crippen molar-refractivity contribution in [2.24, 2.45) is 0 Å². The minimum absolute atomic E-state index is 0.213. The smallest absolute Gasteiger partial charge is 0.278 e. The first-order chi connectivity index (χ1) is 12.7. The lowest BCUT2D eigenvalue weighted by atomic mass is 10.0. The van der Waals surface area contributed by atoms with E-state index < -0.39 is 0 Å². The Morgan fingerprint density at radius 3 is 2.62 bits per heavy atom. The minimum Gasteiger partial charge on any atom is -0.508 e. The highest BCUT2D eigenvalue weighted by Crippen LogP contribution is 2.34. The summed E-state index contributed by atoms with van der Waals surface area (Å²) >= 11 is 0. The first-order valence-electron chi connectivity index (χ1n) is 8.13. The normalized spacial score (nSPS) is 12.2. The van der Waals surface area contributed by atoms with Crippen molar-refractivity contribution >= 4 is 11.5 Å². The summed E-state index contributed by atoms with van der Waals surface area (Å²) < 4.78 is 5.77. The summed E-state index contributed by atoms with van der Waals surface area (Å²) in [5, 5.41) is 9.46. The third kappa shape index (κ3) is 2.82. The van der Waals surface area contributed by atoms with Gasteiger partial charge in [-0.15, -0.1) is 5.53 Å². The second-order valence-electron chi connectivity index (χ2n) is 5.70. The van der Waals surface area contributed by atoms with Crippen molar-refractivity contribution in [3.05, 3.63) is 52.8 Å². The molecule has 0 amide bonds. The van der Waals surface area contributed by atoms with Crippen LogP contribution in [0.25, 0.3) is 22.5 Å². The van der Waals surface area contributed by atoms with Gasteiger partial charge >= 0.3 is 0 Å². The van der Waals surface area contributed by atoms with Gasteiger partial charge in [0.2, 0.25) is 0 Å². The number of aromatic amines is 1. The van der Waals surface area contributed by atoms with Crippen molar-refractivity contribution in [3.8, 4) is 34.0 Å². The van der Waals surface area contributed by atoms with E-state index in [-0.39, 0.29) is 11.3 Å². The number of phenols is 1. The van der Waals surface area contributed by atoms with Crippen molar-refractivity contribution in [1.29, 1.82) is 0 Å². The number of anilines is 2. The van der Waals surface area contributed by atoms with Gasteiger partial charge in [0, 0.05) is 0 Å². The van der Waals surface area contributed by atoms with Gasteiger partial charge in [0.15, 0.2) is 11.5 Å². The highest BCUT2D eigenvalue weighted by molar-refractivity contribution is 5.76. The van der Waals surface area contributed by atoms with E-state index in [1.807, 2.05) is 37.3 Å². The van der Waals surface area contributed by atoms with Crippen LogP contribution in [-0.2, 0) is 0 Å². The van der Waals surface area contributed by atoms with Crippen LogP contribution in [0.3, 0.4) is 0 Å². The molecule has 2 heterocycles. The number of aromatic hydroxyl groups is 1. The quantitative estimate of drug-likeness (QED) is 0.491. The van der Waals surface area contributed by atoms with Gasteiger partial charge in [-0.3, -0.25) is 15.6 Å². The van der Waals surface area contributed by atoms with Crippen LogP contribution in [0.15, 0.2) is 47.3 Å². The Morgan fingerprint density at radius 2 is 1.85 bits per heavy atom. The van der Waals surface area contributed by atoms with Crippen LogP contribution < -0.4 is 26.7 Å². The molecule has 2 aromatic carbocycles. The molecule has 0 saturated heterocycles. The average molecular weight is 351 g/mol. The van der Waals surface area contributed by atoms with E-state index >= 15 is 0 Å². The Kier molecular flexibility index (Phi) is 3.94. The summed E-state index contributed by atoms with van der Waals surface area (Å²) in [4.78, 5) is 19.4. The van der Waals surface area contributed by atoms with E-state index in [4.69, 9.17) is 4.74 Å². The van der Waals surface area contributed by atoms with Crippen LogP contribution in [0.2, 0.25) is 0 Å². The number of H-pyrrole nitrogens is 1. The lowest BCUT2D eigenvalue weighted by Gasteiger charge is -2.12. The zero-order valence-electron chi connectivity index (χ0n) is 14.0. The SMILES string of the molecule is CCOc1cc(-c2ccc(O)cc2)ccc1-c1nc2c(c(=O)[nH]1)NNN2. The number of hydrogen-bond donors (Lipinski definition) is 5. The first-order valence-corrected chi connectivity index (χ1v) is 8.13. The molecule has 8 heteroatoms. The standard InChI is InChI=1S/C18H17N5O3/c1-2-26-14-9-11(10-3-6-12(24)7-4-10)5-8-13(14)16-19-17-15(18(25)20-16)21-23-22-17/h3-9,21,23-24H,2H2,1H3,(H2,19,20,22,25). The summed E-state index contributed by atoms with van der Waals surface area (Å²) in [6.07, 6.45) is 0. The van der Waals surface area contributed by atoms with Crippen LogP contribution in [0.1, 0.15) is 6.92 Å². The summed E-state index contributed by atoms with van der Waals surface area (Å²) in [7, 11) is 0. The maximum Gasteiger partial charge on any atom is 0.278 e. The van der Waals surface area contributed by atoms with Gasteiger partial charge in [-0.2, -0.15) is 0 Å². The lowest BCUT2D eigenvalue weighted by Crippen LogP contribution is -2.21. The zero-order chi connectivity index (χ0) is 18.1. The van der Waals surface area contributed by atoms with E-state index in [0.29, 0.717) is 35.2 Å². The second-order valence-corrected chi connectivity index (χ2v) is 5.70. The van der Waals surface area contributed by atoms with Crippen LogP contribution in [0.4, 0.5) is 11.5 Å². The third-order valence-corrected chi connectivity index (χ3v) is 4.03. The molecule has 0 bridgehead atoms. The van der Waals surface area contributed by atoms with Gasteiger partial charge < -0.3 is 14.8 Å². The molecule has 0 saturated carbocycles. The third-order valence-electron chi connectivity index (χ3n) is 4.03. The molecule has 8 nitrogen and oxygen atoms in total. The summed E-state index contributed by atoms with van der Waals surface area (Å²) in [5.41, 5.74) is 10.8. The summed E-state index contributed by atoms with van der Waals surface area (Å²) in [6, 6.07) is 12.6. The number of nitrogens with zero attached hydrogens (tertiary/aromatic N) is 1. The van der Waals surface area contributed by atoms with Crippen LogP contribution in [0, 0.1) is 0 Å². The molecule has 1 aliphatic heterocycles. The molecule has 0 unspecified atom stereocenters. The van der Waals surface area contributed by atoms with Crippen molar-refractivity contribution in [1.82, 2.24) is 15.5 Å². The predicted molar refractivity (Wildman–Crippen MR) is 98.9 cm³/mol. The number of fused-ring (bicyclic) bond motifs is 1. The van der Waals surface area contributed by atoms with Crippen LogP contribution >= 0.6 is 0 Å². The number of benzene rings is 2. The van der Waals surface area contributed by atoms with Gasteiger partial charge in [-0.25, -0.2) is 4.98 Å². The molecule has 0 spiro atoms. The fourth-order valence-corrected chi connectivity index (χ4v) is 2.79. The molecule has 0 radical (unpaired) electrons.